The van der Waals surface area contributed by atoms with Crippen molar-refractivity contribution in [3.8, 4) is 23.0 Å². The highest BCUT2D eigenvalue weighted by atomic mass is 16.2. The van der Waals surface area contributed by atoms with Crippen molar-refractivity contribution in [1.82, 2.24) is 24.8 Å². The lowest BCUT2D eigenvalue weighted by atomic mass is 10.0. The minimum absolute atomic E-state index is 0.0649. The number of nitrogens with zero attached hydrogens (tertiary/aromatic N) is 5. The maximum Gasteiger partial charge on any atom is 0.250 e. The van der Waals surface area contributed by atoms with Crippen LogP contribution in [0.4, 0.5) is 11.8 Å². The summed E-state index contributed by atoms with van der Waals surface area (Å²) in [5.74, 6) is 7.24. The van der Waals surface area contributed by atoms with Crippen LogP contribution in [0.25, 0.3) is 22.0 Å². The second-order valence-electron chi connectivity index (χ2n) is 9.31. The van der Waals surface area contributed by atoms with Crippen LogP contribution in [0.5, 0.6) is 0 Å². The van der Waals surface area contributed by atoms with Crippen molar-refractivity contribution in [1.29, 1.82) is 0 Å². The number of carbonyl (C=O) groups is 1. The molecule has 0 aliphatic rings. The number of pyridine rings is 2. The maximum atomic E-state index is 12.5. The van der Waals surface area contributed by atoms with Crippen LogP contribution in [0.1, 0.15) is 29.6 Å². The Morgan fingerprint density at radius 3 is 2.37 bits per heavy atom. The fourth-order valence-electron chi connectivity index (χ4n) is 4.07. The van der Waals surface area contributed by atoms with Crippen LogP contribution >= 0.6 is 0 Å². The number of fused-ring (bicyclic) bond motifs is 1. The number of amides is 1. The second-order valence-corrected chi connectivity index (χ2v) is 9.31. The number of carbonyl (C=O) groups excluding carboxylic acids is 1. The molecule has 0 saturated heterocycles. The number of aromatic nitrogens is 4. The average Bonchev–Trinajstić information content (AvgIpc) is 2.89. The van der Waals surface area contributed by atoms with Crippen molar-refractivity contribution in [2.75, 3.05) is 31.4 Å². The summed E-state index contributed by atoms with van der Waals surface area (Å²) in [4.78, 5) is 40.3. The molecule has 9 nitrogen and oxygen atoms in total. The van der Waals surface area contributed by atoms with E-state index in [1.165, 1.54) is 0 Å². The molecule has 4 aromatic rings. The molecule has 1 aromatic carbocycles. The van der Waals surface area contributed by atoms with Crippen molar-refractivity contribution in [3.05, 3.63) is 75.5 Å². The average molecular weight is 510 g/mol. The molecule has 1 amide bonds. The molecule has 4 rings (SSSR count). The Bertz CT molecular complexity index is 1640. The van der Waals surface area contributed by atoms with E-state index in [0.29, 0.717) is 17.5 Å². The van der Waals surface area contributed by atoms with E-state index in [-0.39, 0.29) is 17.5 Å². The van der Waals surface area contributed by atoms with E-state index >= 15 is 0 Å². The molecule has 0 aliphatic carbocycles. The third-order valence-corrected chi connectivity index (χ3v) is 6.35. The third kappa shape index (κ3) is 5.41. The number of benzene rings is 1. The Kier molecular flexibility index (Phi) is 7.55. The molecule has 0 aliphatic heterocycles. The third-order valence-electron chi connectivity index (χ3n) is 6.35. The van der Waals surface area contributed by atoms with E-state index in [1.54, 1.807) is 43.8 Å². The molecule has 3 heterocycles. The monoisotopic (exact) mass is 509 g/mol. The molecule has 1 unspecified atom stereocenters. The largest absolute Gasteiger partial charge is 0.347 e. The van der Waals surface area contributed by atoms with E-state index in [9.17, 15) is 9.59 Å². The van der Waals surface area contributed by atoms with Gasteiger partial charge in [0.05, 0.1) is 22.9 Å². The van der Waals surface area contributed by atoms with Gasteiger partial charge in [0.15, 0.2) is 0 Å². The normalized spacial score (nSPS) is 11.6. The van der Waals surface area contributed by atoms with Gasteiger partial charge in [-0.25, -0.2) is 15.0 Å². The molecule has 0 saturated carbocycles. The lowest BCUT2D eigenvalue weighted by molar-refractivity contribution is -0.117. The van der Waals surface area contributed by atoms with E-state index in [2.05, 4.69) is 32.4 Å². The van der Waals surface area contributed by atoms with Crippen molar-refractivity contribution < 1.29 is 4.79 Å². The molecule has 0 bridgehead atoms. The maximum absolute atomic E-state index is 12.5. The molecule has 9 heteroatoms. The summed E-state index contributed by atoms with van der Waals surface area (Å²) in [6.45, 7) is 5.65. The van der Waals surface area contributed by atoms with Gasteiger partial charge in [0.1, 0.15) is 11.5 Å². The molecule has 3 aromatic heterocycles. The van der Waals surface area contributed by atoms with Crippen LogP contribution in [0.15, 0.2) is 47.3 Å². The zero-order valence-electron chi connectivity index (χ0n) is 22.7. The van der Waals surface area contributed by atoms with Crippen molar-refractivity contribution in [2.45, 2.75) is 26.8 Å². The topological polar surface area (TPSA) is 105 Å². The predicted octanol–water partition coefficient (Wildman–Crippen LogP) is 3.02. The van der Waals surface area contributed by atoms with Crippen LogP contribution < -0.4 is 21.1 Å². The van der Waals surface area contributed by atoms with Gasteiger partial charge in [-0.05, 0) is 75.5 Å². The molecule has 0 radical (unpaired) electrons. The summed E-state index contributed by atoms with van der Waals surface area (Å²) in [5, 5.41) is 6.68. The van der Waals surface area contributed by atoms with Crippen LogP contribution in [0, 0.1) is 25.7 Å². The van der Waals surface area contributed by atoms with Gasteiger partial charge in [-0.3, -0.25) is 9.59 Å². The smallest absolute Gasteiger partial charge is 0.250 e. The lowest BCUT2D eigenvalue weighted by Crippen LogP contribution is -2.35. The molecule has 38 heavy (non-hydrogen) atoms. The van der Waals surface area contributed by atoms with Crippen LogP contribution in [0.3, 0.4) is 0 Å². The fraction of sp³-hybridized carbons (Fsp3) is 0.276. The molecule has 1 atom stereocenters. The zero-order chi connectivity index (χ0) is 27.6. The van der Waals surface area contributed by atoms with Gasteiger partial charge in [-0.1, -0.05) is 5.92 Å². The van der Waals surface area contributed by atoms with Crippen molar-refractivity contribution >= 4 is 28.6 Å². The van der Waals surface area contributed by atoms with Crippen LogP contribution in [0.2, 0.25) is 0 Å². The quantitative estimate of drug-likeness (QED) is 0.399. The first-order chi connectivity index (χ1) is 18.1. The van der Waals surface area contributed by atoms with Gasteiger partial charge in [0.25, 0.3) is 5.56 Å². The Morgan fingerprint density at radius 1 is 1.00 bits per heavy atom. The molecule has 194 valence electrons. The van der Waals surface area contributed by atoms with Gasteiger partial charge >= 0.3 is 0 Å². The van der Waals surface area contributed by atoms with E-state index in [1.807, 2.05) is 57.1 Å². The van der Waals surface area contributed by atoms with E-state index in [4.69, 9.17) is 4.98 Å². The summed E-state index contributed by atoms with van der Waals surface area (Å²) in [5.41, 5.74) is 5.27. The van der Waals surface area contributed by atoms with E-state index in [0.717, 1.165) is 39.0 Å². The van der Waals surface area contributed by atoms with Gasteiger partial charge in [-0.15, -0.1) is 0 Å². The highest BCUT2D eigenvalue weighted by Crippen LogP contribution is 2.30. The number of anilines is 2. The molecule has 2 N–H and O–H groups in total. The van der Waals surface area contributed by atoms with Crippen LogP contribution in [-0.4, -0.2) is 52.6 Å². The molecular formula is C29H31N7O2. The first-order valence-electron chi connectivity index (χ1n) is 12.2. The summed E-state index contributed by atoms with van der Waals surface area (Å²) in [6, 6.07) is 12.3. The highest BCUT2D eigenvalue weighted by Gasteiger charge is 2.17. The number of nitrogens with one attached hydrogen (secondary N) is 2. The summed E-state index contributed by atoms with van der Waals surface area (Å²) in [6.07, 6.45) is 0. The Balaban J connectivity index is 1.84. The van der Waals surface area contributed by atoms with Crippen molar-refractivity contribution in [2.24, 2.45) is 7.05 Å². The minimum Gasteiger partial charge on any atom is -0.347 e. The fourth-order valence-corrected chi connectivity index (χ4v) is 4.07. The van der Waals surface area contributed by atoms with Gasteiger partial charge in [0.2, 0.25) is 11.9 Å². The summed E-state index contributed by atoms with van der Waals surface area (Å²) in [7, 11) is 7.27. The zero-order valence-corrected chi connectivity index (χ0v) is 22.7. The number of hydrogen-bond acceptors (Lipinski definition) is 7. The van der Waals surface area contributed by atoms with E-state index < -0.39 is 0 Å². The first-order valence-corrected chi connectivity index (χ1v) is 12.2. The standard InChI is InChI=1S/C29H31N7O2/c1-17-27(18(2)32-29(31-17)35(5)6)22-11-14-25(34-28(38)19(3)30-4)33-23(22)12-8-20-9-13-24-21(16-20)10-15-26(37)36(24)7/h9-11,13-16,19,30H,1-7H3,(H,33,34,38). The molecular weight excluding hydrogens is 478 g/mol. The second kappa shape index (κ2) is 10.8. The first kappa shape index (κ1) is 26.5. The Hall–Kier alpha value is -4.55. The van der Waals surface area contributed by atoms with Gasteiger partial charge in [-0.2, -0.15) is 0 Å². The number of aryl methyl sites for hydroxylation is 3. The predicted molar refractivity (Wildman–Crippen MR) is 151 cm³/mol. The highest BCUT2D eigenvalue weighted by molar-refractivity contribution is 5.94. The minimum atomic E-state index is -0.379. The summed E-state index contributed by atoms with van der Waals surface area (Å²) >= 11 is 0. The molecule has 0 spiro atoms. The Morgan fingerprint density at radius 2 is 1.71 bits per heavy atom. The Labute approximate surface area is 222 Å². The number of hydrogen-bond donors (Lipinski definition) is 2. The van der Waals surface area contributed by atoms with Gasteiger partial charge < -0.3 is 20.1 Å². The van der Waals surface area contributed by atoms with Crippen molar-refractivity contribution in [3.63, 3.8) is 0 Å². The molecule has 0 fully saturated rings. The number of likely N-dealkylation sites (N-methyl/N-ethyl adjacent to an activating group) is 1. The van der Waals surface area contributed by atoms with Crippen LogP contribution in [-0.2, 0) is 11.8 Å². The summed E-state index contributed by atoms with van der Waals surface area (Å²) < 4.78 is 1.60. The number of rotatable bonds is 5. The van der Waals surface area contributed by atoms with Gasteiger partial charge in [0, 0.05) is 43.9 Å². The lowest BCUT2D eigenvalue weighted by Gasteiger charge is -2.17. The SMILES string of the molecule is CNC(C)C(=O)Nc1ccc(-c2c(C)nc(N(C)C)nc2C)c(C#Cc2ccc3c(ccc(=O)n3C)c2)n1.